The van der Waals surface area contributed by atoms with Crippen LogP contribution < -0.4 is 5.73 Å². The first-order valence-electron chi connectivity index (χ1n) is 4.14. The third-order valence-electron chi connectivity index (χ3n) is 1.73. The standard InChI is InChI=1S/C8H9BrN2O4/c9-6-3-5(15-11-6)8(14)4(10)1-2-7(12)13/h3-4H,1-2,10H2,(H,12,13). The zero-order valence-electron chi connectivity index (χ0n) is 7.64. The number of nitrogens with zero attached hydrogens (tertiary/aromatic N) is 1. The van der Waals surface area contributed by atoms with Crippen LogP contribution in [0.25, 0.3) is 0 Å². The number of halogens is 1. The molecule has 82 valence electrons. The molecule has 1 unspecified atom stereocenters. The van der Waals surface area contributed by atoms with Crippen LogP contribution in [0.5, 0.6) is 0 Å². The summed E-state index contributed by atoms with van der Waals surface area (Å²) in [6.45, 7) is 0. The van der Waals surface area contributed by atoms with Gasteiger partial charge >= 0.3 is 5.97 Å². The van der Waals surface area contributed by atoms with Gasteiger partial charge in [0, 0.05) is 12.5 Å². The number of carboxylic acid groups (broad SMARTS) is 1. The third-order valence-corrected chi connectivity index (χ3v) is 2.10. The third kappa shape index (κ3) is 3.45. The average Bonchev–Trinajstić information content (AvgIpc) is 2.60. The molecule has 0 saturated carbocycles. The molecule has 0 fully saturated rings. The van der Waals surface area contributed by atoms with Crippen LogP contribution in [0, 0.1) is 0 Å². The van der Waals surface area contributed by atoms with Crippen molar-refractivity contribution >= 4 is 27.7 Å². The Balaban J connectivity index is 2.57. The Morgan fingerprint density at radius 2 is 2.33 bits per heavy atom. The second-order valence-electron chi connectivity index (χ2n) is 2.92. The number of Topliss-reactive ketones (excluding diaryl/α,β-unsaturated/α-hetero) is 1. The summed E-state index contributed by atoms with van der Waals surface area (Å²) in [6, 6.07) is 0.518. The van der Waals surface area contributed by atoms with Crippen molar-refractivity contribution in [3.63, 3.8) is 0 Å². The van der Waals surface area contributed by atoms with Crippen LogP contribution in [0.4, 0.5) is 0 Å². The van der Waals surface area contributed by atoms with Crippen LogP contribution in [0.1, 0.15) is 23.4 Å². The largest absolute Gasteiger partial charge is 0.481 e. The zero-order valence-corrected chi connectivity index (χ0v) is 9.23. The molecule has 6 nitrogen and oxygen atoms in total. The molecule has 1 rings (SSSR count). The molecule has 0 aliphatic carbocycles. The molecule has 1 aromatic heterocycles. The molecule has 15 heavy (non-hydrogen) atoms. The number of aromatic nitrogens is 1. The number of carbonyl (C=O) groups excluding carboxylic acids is 1. The molecule has 1 aromatic rings. The average molecular weight is 277 g/mol. The summed E-state index contributed by atoms with van der Waals surface area (Å²) in [5, 5.41) is 11.9. The minimum absolute atomic E-state index is 0.0276. The van der Waals surface area contributed by atoms with Gasteiger partial charge in [0.1, 0.15) is 4.60 Å². The van der Waals surface area contributed by atoms with E-state index >= 15 is 0 Å². The van der Waals surface area contributed by atoms with E-state index in [2.05, 4.69) is 25.6 Å². The topological polar surface area (TPSA) is 106 Å². The van der Waals surface area contributed by atoms with Crippen molar-refractivity contribution in [3.8, 4) is 0 Å². The summed E-state index contributed by atoms with van der Waals surface area (Å²) in [6.07, 6.45) is -0.0747. The fourth-order valence-electron chi connectivity index (χ4n) is 0.963. The van der Waals surface area contributed by atoms with Crippen molar-refractivity contribution in [2.24, 2.45) is 5.73 Å². The predicted octanol–water partition coefficient (Wildman–Crippen LogP) is 0.812. The Kier molecular flexibility index (Phi) is 3.98. The molecule has 0 radical (unpaired) electrons. The van der Waals surface area contributed by atoms with E-state index in [1.54, 1.807) is 0 Å². The number of nitrogens with two attached hydrogens (primary N) is 1. The lowest BCUT2D eigenvalue weighted by Crippen LogP contribution is -2.30. The van der Waals surface area contributed by atoms with Crippen LogP contribution in [-0.4, -0.2) is 28.1 Å². The number of hydrogen-bond donors (Lipinski definition) is 2. The predicted molar refractivity (Wildman–Crippen MR) is 53.4 cm³/mol. The molecule has 0 amide bonds. The normalized spacial score (nSPS) is 12.4. The van der Waals surface area contributed by atoms with Gasteiger partial charge in [-0.05, 0) is 22.4 Å². The monoisotopic (exact) mass is 276 g/mol. The van der Waals surface area contributed by atoms with Crippen LogP contribution in [0.2, 0.25) is 0 Å². The molecule has 1 heterocycles. The Labute approximate surface area is 93.5 Å². The lowest BCUT2D eigenvalue weighted by molar-refractivity contribution is -0.137. The molecule has 0 aliphatic rings. The highest BCUT2D eigenvalue weighted by Crippen LogP contribution is 2.12. The quantitative estimate of drug-likeness (QED) is 0.771. The van der Waals surface area contributed by atoms with Crippen LogP contribution >= 0.6 is 15.9 Å². The zero-order chi connectivity index (χ0) is 11.4. The smallest absolute Gasteiger partial charge is 0.303 e. The first kappa shape index (κ1) is 11.9. The molecular formula is C8H9BrN2O4. The minimum atomic E-state index is -0.989. The van der Waals surface area contributed by atoms with Gasteiger partial charge in [0.25, 0.3) is 0 Å². The van der Waals surface area contributed by atoms with E-state index in [0.717, 1.165) is 0 Å². The first-order valence-corrected chi connectivity index (χ1v) is 4.94. The highest BCUT2D eigenvalue weighted by atomic mass is 79.9. The van der Waals surface area contributed by atoms with Crippen molar-refractivity contribution in [1.29, 1.82) is 0 Å². The highest BCUT2D eigenvalue weighted by Gasteiger charge is 2.20. The van der Waals surface area contributed by atoms with Gasteiger partial charge in [-0.3, -0.25) is 9.59 Å². The Morgan fingerprint density at radius 3 is 2.80 bits per heavy atom. The Hall–Kier alpha value is -1.21. The van der Waals surface area contributed by atoms with Crippen LogP contribution in [0.15, 0.2) is 15.2 Å². The molecule has 0 aliphatic heterocycles. The van der Waals surface area contributed by atoms with Gasteiger partial charge in [0.2, 0.25) is 11.5 Å². The van der Waals surface area contributed by atoms with Gasteiger partial charge in [-0.15, -0.1) is 0 Å². The molecule has 1 atom stereocenters. The lowest BCUT2D eigenvalue weighted by atomic mass is 10.1. The number of aliphatic carboxylic acids is 1. The van der Waals surface area contributed by atoms with E-state index < -0.39 is 17.8 Å². The molecule has 0 aromatic carbocycles. The van der Waals surface area contributed by atoms with Crippen molar-refractivity contribution in [3.05, 3.63) is 16.4 Å². The summed E-state index contributed by atoms with van der Waals surface area (Å²) in [5.41, 5.74) is 5.49. The molecule has 0 spiro atoms. The van der Waals surface area contributed by atoms with E-state index in [1.165, 1.54) is 6.07 Å². The van der Waals surface area contributed by atoms with Gasteiger partial charge in [-0.2, -0.15) is 0 Å². The van der Waals surface area contributed by atoms with Gasteiger partial charge in [-0.1, -0.05) is 5.16 Å². The number of hydrogen-bond acceptors (Lipinski definition) is 5. The summed E-state index contributed by atoms with van der Waals surface area (Å²) in [7, 11) is 0. The molecule has 0 saturated heterocycles. The Morgan fingerprint density at radius 1 is 1.67 bits per heavy atom. The molecular weight excluding hydrogens is 268 g/mol. The SMILES string of the molecule is NC(CCC(=O)O)C(=O)c1cc(Br)no1. The van der Waals surface area contributed by atoms with Crippen LogP contribution in [-0.2, 0) is 4.79 Å². The van der Waals surface area contributed by atoms with E-state index in [4.69, 9.17) is 10.8 Å². The number of rotatable bonds is 5. The lowest BCUT2D eigenvalue weighted by Gasteiger charge is -2.05. The number of carboxylic acids is 1. The Bertz CT molecular complexity index is 376. The van der Waals surface area contributed by atoms with E-state index in [9.17, 15) is 9.59 Å². The van der Waals surface area contributed by atoms with Crippen LogP contribution in [0.3, 0.4) is 0 Å². The first-order chi connectivity index (χ1) is 7.00. The van der Waals surface area contributed by atoms with Gasteiger partial charge in [0.05, 0.1) is 6.04 Å². The second kappa shape index (κ2) is 5.04. The molecule has 3 N–H and O–H groups in total. The maximum atomic E-state index is 11.5. The number of carbonyl (C=O) groups is 2. The van der Waals surface area contributed by atoms with E-state index in [0.29, 0.717) is 4.60 Å². The second-order valence-corrected chi connectivity index (χ2v) is 3.73. The summed E-state index contributed by atoms with van der Waals surface area (Å²) < 4.78 is 5.08. The van der Waals surface area contributed by atoms with E-state index in [1.807, 2.05) is 0 Å². The van der Waals surface area contributed by atoms with E-state index in [-0.39, 0.29) is 18.6 Å². The molecule has 7 heteroatoms. The van der Waals surface area contributed by atoms with Gasteiger partial charge < -0.3 is 15.4 Å². The molecule has 0 bridgehead atoms. The summed E-state index contributed by atoms with van der Waals surface area (Å²) in [5.74, 6) is -1.41. The van der Waals surface area contributed by atoms with Crippen molar-refractivity contribution in [1.82, 2.24) is 5.16 Å². The highest BCUT2D eigenvalue weighted by molar-refractivity contribution is 9.10. The minimum Gasteiger partial charge on any atom is -0.481 e. The van der Waals surface area contributed by atoms with Crippen molar-refractivity contribution in [2.45, 2.75) is 18.9 Å². The van der Waals surface area contributed by atoms with Gasteiger partial charge in [-0.25, -0.2) is 0 Å². The maximum absolute atomic E-state index is 11.5. The van der Waals surface area contributed by atoms with Crippen molar-refractivity contribution < 1.29 is 19.2 Å². The van der Waals surface area contributed by atoms with Gasteiger partial charge in [0.15, 0.2) is 0 Å². The summed E-state index contributed by atoms with van der Waals surface area (Å²) >= 11 is 3.02. The summed E-state index contributed by atoms with van der Waals surface area (Å²) in [4.78, 5) is 21.8. The van der Waals surface area contributed by atoms with Crippen molar-refractivity contribution in [2.75, 3.05) is 0 Å². The fourth-order valence-corrected chi connectivity index (χ4v) is 1.24. The maximum Gasteiger partial charge on any atom is 0.303 e. The number of ketones is 1. The fraction of sp³-hybridized carbons (Fsp3) is 0.375.